The third kappa shape index (κ3) is 4.06. The van der Waals surface area contributed by atoms with E-state index in [-0.39, 0.29) is 25.2 Å². The largest absolute Gasteiger partial charge is 0.471 e. The van der Waals surface area contributed by atoms with Crippen molar-refractivity contribution in [2.75, 3.05) is 0 Å². The van der Waals surface area contributed by atoms with Crippen LogP contribution in [0.4, 0.5) is 13.2 Å². The highest BCUT2D eigenvalue weighted by Gasteiger charge is 2.48. The van der Waals surface area contributed by atoms with Gasteiger partial charge in [-0.15, -0.1) is 12.4 Å². The molecular weight excluding hydrogens is 342 g/mol. The molecule has 22 heavy (non-hydrogen) atoms. The highest BCUT2D eigenvalue weighted by molar-refractivity contribution is 6.30. The zero-order chi connectivity index (χ0) is 15.8. The Morgan fingerprint density at radius 2 is 2.00 bits per heavy atom. The number of likely N-dealkylation sites (tertiary alicyclic amines) is 1. The number of hydrogen-bond acceptors (Lipinski definition) is 2. The Morgan fingerprint density at radius 1 is 1.36 bits per heavy atom. The molecule has 1 heterocycles. The number of benzene rings is 1. The summed E-state index contributed by atoms with van der Waals surface area (Å²) in [6.07, 6.45) is -5.50. The lowest BCUT2D eigenvalue weighted by Gasteiger charge is -2.43. The number of halogens is 5. The number of nitrogens with zero attached hydrogens (tertiary/aromatic N) is 1. The molecule has 1 aliphatic rings. The molecule has 0 bridgehead atoms. The van der Waals surface area contributed by atoms with Gasteiger partial charge < -0.3 is 10.0 Å². The van der Waals surface area contributed by atoms with Crippen molar-refractivity contribution >= 4 is 29.9 Å². The van der Waals surface area contributed by atoms with Crippen LogP contribution in [0.3, 0.4) is 0 Å². The molecule has 0 aliphatic carbocycles. The van der Waals surface area contributed by atoms with E-state index in [1.165, 1.54) is 13.0 Å². The van der Waals surface area contributed by atoms with Crippen molar-refractivity contribution in [1.82, 2.24) is 4.90 Å². The number of carbonyl (C=O) groups is 1. The average molecular weight is 358 g/mol. The summed E-state index contributed by atoms with van der Waals surface area (Å²) < 4.78 is 38.4. The van der Waals surface area contributed by atoms with Crippen molar-refractivity contribution in [2.45, 2.75) is 44.1 Å². The number of aliphatic hydroxyl groups excluding tert-OH is 1. The summed E-state index contributed by atoms with van der Waals surface area (Å²) in [5, 5.41) is 10.2. The van der Waals surface area contributed by atoms with Gasteiger partial charge in [0.25, 0.3) is 0 Å². The minimum Gasteiger partial charge on any atom is -0.393 e. The van der Waals surface area contributed by atoms with E-state index in [2.05, 4.69) is 0 Å². The summed E-state index contributed by atoms with van der Waals surface area (Å²) >= 11 is 5.87. The Morgan fingerprint density at radius 3 is 2.55 bits per heavy atom. The normalized spacial score (nSPS) is 25.5. The van der Waals surface area contributed by atoms with E-state index in [1.807, 2.05) is 0 Å². The quantitative estimate of drug-likeness (QED) is 0.831. The zero-order valence-corrected chi connectivity index (χ0v) is 13.3. The topological polar surface area (TPSA) is 40.5 Å². The Kier molecular flexibility index (Phi) is 6.12. The van der Waals surface area contributed by atoms with E-state index in [9.17, 15) is 23.1 Å². The van der Waals surface area contributed by atoms with E-state index in [0.717, 1.165) is 4.90 Å². The first-order valence-electron chi connectivity index (χ1n) is 6.53. The summed E-state index contributed by atoms with van der Waals surface area (Å²) in [4.78, 5) is 12.5. The van der Waals surface area contributed by atoms with Gasteiger partial charge in [-0.3, -0.25) is 4.79 Å². The molecule has 124 valence electrons. The van der Waals surface area contributed by atoms with Crippen LogP contribution in [0, 0.1) is 0 Å². The molecule has 1 aromatic rings. The summed E-state index contributed by atoms with van der Waals surface area (Å²) in [5.41, 5.74) is 0.491. The molecule has 3 atom stereocenters. The number of aliphatic hydroxyl groups is 1. The first kappa shape index (κ1) is 19.1. The number of carbonyl (C=O) groups excluding carboxylic acids is 1. The van der Waals surface area contributed by atoms with Crippen molar-refractivity contribution in [1.29, 1.82) is 0 Å². The van der Waals surface area contributed by atoms with Crippen molar-refractivity contribution in [2.24, 2.45) is 0 Å². The van der Waals surface area contributed by atoms with Crippen LogP contribution in [0.2, 0.25) is 5.02 Å². The van der Waals surface area contributed by atoms with E-state index >= 15 is 0 Å². The van der Waals surface area contributed by atoms with Crippen LogP contribution in [0.5, 0.6) is 0 Å². The SMILES string of the molecule is CC1CC(O)CC(c2cccc(Cl)c2)N1C(=O)C(F)(F)F.Cl. The van der Waals surface area contributed by atoms with Gasteiger partial charge in [-0.25, -0.2) is 0 Å². The fourth-order valence-corrected chi connectivity index (χ4v) is 2.98. The molecule has 8 heteroatoms. The monoisotopic (exact) mass is 357 g/mol. The standard InChI is InChI=1S/C14H15ClF3NO2.ClH/c1-8-5-11(20)7-12(9-3-2-4-10(15)6-9)19(8)13(21)14(16,17)18;/h2-4,6,8,11-12,20H,5,7H2,1H3;1H. The Bertz CT molecular complexity index is 539. The molecule has 1 aliphatic heterocycles. The molecule has 0 aromatic heterocycles. The van der Waals surface area contributed by atoms with Crippen LogP contribution in [0.1, 0.15) is 31.4 Å². The second-order valence-corrected chi connectivity index (χ2v) is 5.69. The van der Waals surface area contributed by atoms with Crippen LogP contribution < -0.4 is 0 Å². The van der Waals surface area contributed by atoms with Gasteiger partial charge >= 0.3 is 12.1 Å². The molecule has 3 unspecified atom stereocenters. The van der Waals surface area contributed by atoms with Gasteiger partial charge in [0.1, 0.15) is 0 Å². The second kappa shape index (κ2) is 7.06. The van der Waals surface area contributed by atoms with Crippen molar-refractivity contribution in [3.63, 3.8) is 0 Å². The maximum Gasteiger partial charge on any atom is 0.471 e. The van der Waals surface area contributed by atoms with Crippen LogP contribution in [-0.4, -0.2) is 34.2 Å². The van der Waals surface area contributed by atoms with Gasteiger partial charge in [0.2, 0.25) is 0 Å². The maximum absolute atomic E-state index is 12.8. The zero-order valence-electron chi connectivity index (χ0n) is 11.7. The molecule has 1 N–H and O–H groups in total. The lowest BCUT2D eigenvalue weighted by molar-refractivity contribution is -0.194. The van der Waals surface area contributed by atoms with Gasteiger partial charge in [0, 0.05) is 11.1 Å². The summed E-state index contributed by atoms with van der Waals surface area (Å²) in [6, 6.07) is 4.80. The number of hydrogen-bond donors (Lipinski definition) is 1. The van der Waals surface area contributed by atoms with Crippen LogP contribution in [0.15, 0.2) is 24.3 Å². The number of alkyl halides is 3. The molecule has 1 amide bonds. The Balaban J connectivity index is 0.00000242. The average Bonchev–Trinajstić information content (AvgIpc) is 2.36. The van der Waals surface area contributed by atoms with Crippen molar-refractivity contribution < 1.29 is 23.1 Å². The van der Waals surface area contributed by atoms with E-state index in [4.69, 9.17) is 11.6 Å². The van der Waals surface area contributed by atoms with Crippen molar-refractivity contribution in [3.8, 4) is 0 Å². The Labute approximate surface area is 137 Å². The summed E-state index contributed by atoms with van der Waals surface area (Å²) in [7, 11) is 0. The van der Waals surface area contributed by atoms with Crippen LogP contribution in [0.25, 0.3) is 0 Å². The molecule has 0 saturated carbocycles. The molecular formula is C14H16Cl2F3NO2. The second-order valence-electron chi connectivity index (χ2n) is 5.26. The number of piperidine rings is 1. The first-order valence-corrected chi connectivity index (χ1v) is 6.91. The first-order chi connectivity index (χ1) is 9.70. The fourth-order valence-electron chi connectivity index (χ4n) is 2.78. The molecule has 3 nitrogen and oxygen atoms in total. The number of amides is 1. The van der Waals surface area contributed by atoms with E-state index in [0.29, 0.717) is 10.6 Å². The Hall–Kier alpha value is -0.980. The van der Waals surface area contributed by atoms with Gasteiger partial charge in [0.05, 0.1) is 12.1 Å². The minimum absolute atomic E-state index is 0. The lowest BCUT2D eigenvalue weighted by atomic mass is 9.89. The molecule has 2 rings (SSSR count). The smallest absolute Gasteiger partial charge is 0.393 e. The fraction of sp³-hybridized carbons (Fsp3) is 0.500. The molecule has 0 radical (unpaired) electrons. The predicted molar refractivity (Wildman–Crippen MR) is 79.0 cm³/mol. The predicted octanol–water partition coefficient (Wildman–Crippen LogP) is 3.74. The molecule has 1 saturated heterocycles. The highest BCUT2D eigenvalue weighted by atomic mass is 35.5. The van der Waals surface area contributed by atoms with Gasteiger partial charge in [-0.1, -0.05) is 23.7 Å². The number of rotatable bonds is 1. The third-order valence-electron chi connectivity index (χ3n) is 3.63. The van der Waals surface area contributed by atoms with Gasteiger partial charge in [-0.05, 0) is 37.5 Å². The minimum atomic E-state index is -4.94. The van der Waals surface area contributed by atoms with Crippen LogP contribution in [-0.2, 0) is 4.79 Å². The summed E-state index contributed by atoms with van der Waals surface area (Å²) in [6.45, 7) is 1.50. The highest BCUT2D eigenvalue weighted by Crippen LogP contribution is 2.38. The maximum atomic E-state index is 12.8. The molecule has 1 aromatic carbocycles. The lowest BCUT2D eigenvalue weighted by Crippen LogP contribution is -2.52. The van der Waals surface area contributed by atoms with E-state index in [1.54, 1.807) is 18.2 Å². The van der Waals surface area contributed by atoms with Crippen molar-refractivity contribution in [3.05, 3.63) is 34.9 Å². The summed E-state index contributed by atoms with van der Waals surface area (Å²) in [5.74, 6) is -1.88. The molecule has 1 fully saturated rings. The van der Waals surface area contributed by atoms with Crippen LogP contribution >= 0.6 is 24.0 Å². The van der Waals surface area contributed by atoms with Gasteiger partial charge in [0.15, 0.2) is 0 Å². The van der Waals surface area contributed by atoms with E-state index < -0.39 is 30.3 Å². The third-order valence-corrected chi connectivity index (χ3v) is 3.86. The molecule has 0 spiro atoms. The van der Waals surface area contributed by atoms with Gasteiger partial charge in [-0.2, -0.15) is 13.2 Å².